The zero-order valence-corrected chi connectivity index (χ0v) is 41.2. The Bertz CT molecular complexity index is 4060. The number of anilines is 5. The fraction of sp³-hybridized carbons (Fsp3) is 0.114. The van der Waals surface area contributed by atoms with Crippen molar-refractivity contribution in [2.45, 2.75) is 51.4 Å². The maximum absolute atomic E-state index is 2.59. The highest BCUT2D eigenvalue weighted by Gasteiger charge is 2.39. The van der Waals surface area contributed by atoms with Gasteiger partial charge in [-0.1, -0.05) is 216 Å². The lowest BCUT2D eigenvalue weighted by atomic mass is 9.71. The van der Waals surface area contributed by atoms with Crippen LogP contribution in [0, 0.1) is 0 Å². The van der Waals surface area contributed by atoms with Gasteiger partial charge >= 0.3 is 0 Å². The average Bonchev–Trinajstić information content (AvgIpc) is 3.42. The Morgan fingerprint density at radius 3 is 1.50 bits per heavy atom. The normalized spacial score (nSPS) is 15.4. The summed E-state index contributed by atoms with van der Waals surface area (Å²) < 4.78 is 0. The van der Waals surface area contributed by atoms with Crippen molar-refractivity contribution in [3.05, 3.63) is 259 Å². The lowest BCUT2D eigenvalue weighted by Gasteiger charge is -2.44. The van der Waals surface area contributed by atoms with E-state index >= 15 is 0 Å². The zero-order chi connectivity index (χ0) is 48.3. The van der Waals surface area contributed by atoms with Crippen LogP contribution in [0.25, 0.3) is 76.5 Å². The van der Waals surface area contributed by atoms with E-state index in [9.17, 15) is 0 Å². The maximum atomic E-state index is 2.59. The van der Waals surface area contributed by atoms with Crippen molar-refractivity contribution in [1.82, 2.24) is 0 Å². The molecule has 2 heteroatoms. The van der Waals surface area contributed by atoms with Gasteiger partial charge in [0.25, 0.3) is 0 Å². The molecule has 14 rings (SSSR count). The molecule has 0 fully saturated rings. The van der Waals surface area contributed by atoms with Crippen molar-refractivity contribution in [3.63, 3.8) is 0 Å². The molecule has 11 aromatic rings. The van der Waals surface area contributed by atoms with E-state index in [0.29, 0.717) is 0 Å². The van der Waals surface area contributed by atoms with Gasteiger partial charge in [-0.05, 0) is 154 Å². The van der Waals surface area contributed by atoms with Gasteiger partial charge in [-0.25, -0.2) is 0 Å². The molecule has 2 aliphatic heterocycles. The number of benzene rings is 11. The number of allylic oxidation sites excluding steroid dienone is 4. The summed E-state index contributed by atoms with van der Waals surface area (Å²) >= 11 is 0. The SMILES string of the molecule is CC1(C)C2=C(CCC=C2)N(c2ccc3c(-c4ccc(-c5ccccc5)c5ccccc45)c4cc(N5c6ccccc6C(C)(C)c6ccccc65)ccc4c(-c4cccc5ccccc45)c3c2)c2ccccc21. The first kappa shape index (κ1) is 42.4. The third kappa shape index (κ3) is 6.21. The van der Waals surface area contributed by atoms with E-state index in [1.807, 2.05) is 0 Å². The number of rotatable bonds is 5. The van der Waals surface area contributed by atoms with Crippen LogP contribution in [0.5, 0.6) is 0 Å². The number of para-hydroxylation sites is 3. The topological polar surface area (TPSA) is 6.48 Å². The molecule has 0 bridgehead atoms. The van der Waals surface area contributed by atoms with E-state index in [1.165, 1.54) is 127 Å². The summed E-state index contributed by atoms with van der Waals surface area (Å²) in [5.41, 5.74) is 19.9. The number of nitrogens with zero attached hydrogens (tertiary/aromatic N) is 2. The van der Waals surface area contributed by atoms with Crippen molar-refractivity contribution in [2.24, 2.45) is 0 Å². The largest absolute Gasteiger partial charge is 0.314 e. The predicted octanol–water partition coefficient (Wildman–Crippen LogP) is 19.4. The van der Waals surface area contributed by atoms with Gasteiger partial charge < -0.3 is 9.80 Å². The van der Waals surface area contributed by atoms with Crippen molar-refractivity contribution in [1.29, 1.82) is 0 Å². The van der Waals surface area contributed by atoms with Crippen LogP contribution in [-0.2, 0) is 10.8 Å². The average molecular weight is 923 g/mol. The summed E-state index contributed by atoms with van der Waals surface area (Å²) in [7, 11) is 0. The first-order valence-electron chi connectivity index (χ1n) is 25.7. The predicted molar refractivity (Wildman–Crippen MR) is 307 cm³/mol. The van der Waals surface area contributed by atoms with Gasteiger partial charge in [-0.2, -0.15) is 0 Å². The summed E-state index contributed by atoms with van der Waals surface area (Å²) in [5, 5.41) is 9.87. The fourth-order valence-corrected chi connectivity index (χ4v) is 13.1. The molecule has 2 nitrogen and oxygen atoms in total. The van der Waals surface area contributed by atoms with Crippen LogP contribution < -0.4 is 9.80 Å². The minimum Gasteiger partial charge on any atom is -0.314 e. The molecule has 11 aromatic carbocycles. The summed E-state index contributed by atoms with van der Waals surface area (Å²) in [6.45, 7) is 9.53. The van der Waals surface area contributed by atoms with E-state index in [-0.39, 0.29) is 10.8 Å². The summed E-state index contributed by atoms with van der Waals surface area (Å²) in [6, 6.07) is 82.3. The molecule has 0 aromatic heterocycles. The van der Waals surface area contributed by atoms with Crippen molar-refractivity contribution < 1.29 is 0 Å². The smallest absolute Gasteiger partial charge is 0.0502 e. The van der Waals surface area contributed by atoms with Crippen LogP contribution in [0.4, 0.5) is 28.4 Å². The van der Waals surface area contributed by atoms with Crippen LogP contribution in [0.1, 0.15) is 57.2 Å². The molecule has 0 spiro atoms. The van der Waals surface area contributed by atoms with Gasteiger partial charge in [-0.3, -0.25) is 0 Å². The van der Waals surface area contributed by atoms with E-state index < -0.39 is 0 Å². The standard InChI is InChI=1S/C70H54N2/c1-69(2)59-29-12-16-33-63(59)71(64-34-17-13-30-60(64)69)47-38-40-56-57(43-47)67(53-28-20-24-46-23-8-9-25-49(46)53)55-39-37-48(72-65-35-18-14-31-61(65)70(3,4)62-32-15-19-36-66(62)72)44-58(55)68(56)54-42-41-50(45-21-6-5-7-22-45)51-26-10-11-27-52(51)54/h5-16,18-33,35-44H,17,34H2,1-4H3. The first-order valence-corrected chi connectivity index (χ1v) is 25.7. The number of fused-ring (bicyclic) bond motifs is 7. The molecule has 0 unspecified atom stereocenters. The van der Waals surface area contributed by atoms with Crippen LogP contribution in [0.2, 0.25) is 0 Å². The molecular formula is C70H54N2. The Kier molecular flexibility index (Phi) is 9.45. The van der Waals surface area contributed by atoms with E-state index in [1.54, 1.807) is 0 Å². The van der Waals surface area contributed by atoms with Gasteiger partial charge in [0.15, 0.2) is 0 Å². The van der Waals surface area contributed by atoms with Crippen molar-refractivity contribution >= 4 is 71.5 Å². The van der Waals surface area contributed by atoms with Gasteiger partial charge in [-0.15, -0.1) is 0 Å². The van der Waals surface area contributed by atoms with Crippen LogP contribution in [-0.4, -0.2) is 0 Å². The van der Waals surface area contributed by atoms with E-state index in [4.69, 9.17) is 0 Å². The van der Waals surface area contributed by atoms with Crippen LogP contribution in [0.15, 0.2) is 242 Å². The van der Waals surface area contributed by atoms with Gasteiger partial charge in [0.1, 0.15) is 0 Å². The summed E-state index contributed by atoms with van der Waals surface area (Å²) in [6.07, 6.45) is 6.78. The molecule has 0 amide bonds. The van der Waals surface area contributed by atoms with Gasteiger partial charge in [0.2, 0.25) is 0 Å². The van der Waals surface area contributed by atoms with Gasteiger partial charge in [0, 0.05) is 33.6 Å². The molecule has 0 saturated heterocycles. The summed E-state index contributed by atoms with van der Waals surface area (Å²) in [5.74, 6) is 0. The minimum absolute atomic E-state index is 0.122. The Labute approximate surface area is 422 Å². The zero-order valence-electron chi connectivity index (χ0n) is 41.2. The Morgan fingerprint density at radius 2 is 0.847 bits per heavy atom. The van der Waals surface area contributed by atoms with Gasteiger partial charge in [0.05, 0.1) is 11.4 Å². The molecular weight excluding hydrogens is 869 g/mol. The first-order chi connectivity index (χ1) is 35.3. The molecule has 3 aliphatic rings. The monoisotopic (exact) mass is 922 g/mol. The van der Waals surface area contributed by atoms with Crippen molar-refractivity contribution in [2.75, 3.05) is 9.80 Å². The molecule has 0 radical (unpaired) electrons. The highest BCUT2D eigenvalue weighted by atomic mass is 15.2. The molecule has 72 heavy (non-hydrogen) atoms. The van der Waals surface area contributed by atoms with Crippen LogP contribution >= 0.6 is 0 Å². The molecule has 2 heterocycles. The minimum atomic E-state index is -0.171. The van der Waals surface area contributed by atoms with Crippen molar-refractivity contribution in [3.8, 4) is 33.4 Å². The summed E-state index contributed by atoms with van der Waals surface area (Å²) in [4.78, 5) is 5.11. The second-order valence-corrected chi connectivity index (χ2v) is 21.1. The highest BCUT2D eigenvalue weighted by Crippen LogP contribution is 2.56. The maximum Gasteiger partial charge on any atom is 0.0502 e. The molecule has 344 valence electrons. The Hall–Kier alpha value is -8.46. The number of hydrogen-bond acceptors (Lipinski definition) is 2. The highest BCUT2D eigenvalue weighted by molar-refractivity contribution is 6.27. The third-order valence-corrected chi connectivity index (χ3v) is 16.5. The van der Waals surface area contributed by atoms with E-state index in [2.05, 4.69) is 268 Å². The van der Waals surface area contributed by atoms with E-state index in [0.717, 1.165) is 18.5 Å². The molecule has 0 saturated carbocycles. The lowest BCUT2D eigenvalue weighted by molar-refractivity contribution is 0.603. The quantitative estimate of drug-likeness (QED) is 0.159. The lowest BCUT2D eigenvalue weighted by Crippen LogP contribution is -2.34. The Balaban J connectivity index is 1.13. The molecule has 1 aliphatic carbocycles. The Morgan fingerprint density at radius 1 is 0.361 bits per heavy atom. The second kappa shape index (κ2) is 16.0. The second-order valence-electron chi connectivity index (χ2n) is 21.1. The third-order valence-electron chi connectivity index (χ3n) is 16.5. The van der Waals surface area contributed by atoms with Crippen LogP contribution in [0.3, 0.4) is 0 Å². The fourth-order valence-electron chi connectivity index (χ4n) is 13.1. The molecule has 0 atom stereocenters. The molecule has 0 N–H and O–H groups in total. The number of hydrogen-bond donors (Lipinski definition) is 0.